The number of piperazine rings is 4. The Morgan fingerprint density at radius 3 is 1.03 bits per heavy atom. The number of hydrogen-bond donors (Lipinski definition) is 0. The van der Waals surface area contributed by atoms with Crippen molar-refractivity contribution < 1.29 is 41.5 Å². The summed E-state index contributed by atoms with van der Waals surface area (Å²) in [4.78, 5) is 101. The van der Waals surface area contributed by atoms with E-state index in [0.717, 1.165) is 107 Å². The van der Waals surface area contributed by atoms with Crippen molar-refractivity contribution in [2.24, 2.45) is 17.8 Å². The van der Waals surface area contributed by atoms with Gasteiger partial charge in [-0.2, -0.15) is 25.5 Å². The highest BCUT2D eigenvalue weighted by Gasteiger charge is 2.31. The van der Waals surface area contributed by atoms with E-state index in [0.29, 0.717) is 161 Å². The second-order valence-corrected chi connectivity index (χ2v) is 34.9. The zero-order chi connectivity index (χ0) is 93.1. The van der Waals surface area contributed by atoms with Crippen molar-refractivity contribution in [3.05, 3.63) is 227 Å². The summed E-state index contributed by atoms with van der Waals surface area (Å²) in [6, 6.07) is 36.8. The minimum absolute atomic E-state index is 0.00925. The second kappa shape index (κ2) is 44.3. The Kier molecular flexibility index (Phi) is 32.1. The number of methoxy groups -OCH3 is 1. The van der Waals surface area contributed by atoms with Crippen molar-refractivity contribution in [1.29, 1.82) is 0 Å². The fourth-order valence-corrected chi connectivity index (χ4v) is 15.7. The lowest BCUT2D eigenvalue weighted by atomic mass is 10.1. The van der Waals surface area contributed by atoms with Gasteiger partial charge in [-0.3, -0.25) is 19.2 Å². The van der Waals surface area contributed by atoms with E-state index < -0.39 is 0 Å². The maximum atomic E-state index is 13.7. The van der Waals surface area contributed by atoms with Crippen molar-refractivity contribution in [2.75, 3.05) is 131 Å². The SMILES string of the molecule is CCC(C)c1nc(-c2ccc(F)c(C)c2)nn1CC(=O)N1CCN(c2cccnn2)CC1.COc1ccnc(N2CCN(C(=O)Cn3nc(-c4ccc(F)c(C)c4)nc3CC(C)C)CC2)c1.Cc1cc(-c2nc(CC(C)C)n(CC(=O)N3CCN(c4ccccn4)CC3)n2)ccc1F.Cc1ccnc(N2CCN(C(=O)Cn3nc(-c4ccc(F)c(C)c4)nc3CC(C)C)CC2)c1. The Balaban J connectivity index is 0.000000149. The van der Waals surface area contributed by atoms with Gasteiger partial charge in [0.2, 0.25) is 23.6 Å². The van der Waals surface area contributed by atoms with E-state index in [4.69, 9.17) is 14.7 Å². The molecule has 690 valence electrons. The highest BCUT2D eigenvalue weighted by Crippen LogP contribution is 2.30. The lowest BCUT2D eigenvalue weighted by Gasteiger charge is -2.35. The predicted octanol–water partition coefficient (Wildman–Crippen LogP) is 13.4. The third-order valence-corrected chi connectivity index (χ3v) is 23.5. The molecule has 131 heavy (non-hydrogen) atoms. The van der Waals surface area contributed by atoms with E-state index in [9.17, 15) is 36.7 Å². The Labute approximate surface area is 763 Å². The van der Waals surface area contributed by atoms with Gasteiger partial charge < -0.3 is 43.9 Å². The van der Waals surface area contributed by atoms with Crippen LogP contribution in [0.1, 0.15) is 119 Å². The lowest BCUT2D eigenvalue weighted by Crippen LogP contribution is -2.50. The fourth-order valence-electron chi connectivity index (χ4n) is 15.7. The zero-order valence-corrected chi connectivity index (χ0v) is 77.4. The molecule has 0 saturated carbocycles. The van der Waals surface area contributed by atoms with Crippen LogP contribution < -0.4 is 24.3 Å². The van der Waals surface area contributed by atoms with Crippen molar-refractivity contribution in [3.8, 4) is 51.3 Å². The van der Waals surface area contributed by atoms with Gasteiger partial charge in [0.1, 0.15) is 95.9 Å². The molecule has 16 rings (SSSR count). The zero-order valence-electron chi connectivity index (χ0n) is 77.4. The van der Waals surface area contributed by atoms with Crippen LogP contribution in [0, 0.1) is 75.6 Å². The standard InChI is InChI=1S/C25H31FN6O2.C25H31FN6O.C24H29FN6O.C23H28FN7O/c1-17(2)13-23-28-25(19-5-6-21(26)18(3)14-19)29-32(23)16-24(33)31-11-9-30(10-12-31)22-15-20(34-4)7-8-27-22;1-17(2)13-23-28-25(20-5-6-21(26)19(4)15-20)29-32(23)16-24(33)31-11-9-30(10-12-31)22-14-18(3)7-8-27-22;1-17(2)14-22-27-24(19-7-8-20(25)18(3)15-19)28-31(22)16-23(32)30-12-10-29(11-13-30)21-6-4-5-9-26-21;1-4-16(2)23-26-22(18-7-8-19(24)17(3)14-18)28-31(23)15-21(32)30-12-10-29(11-13-30)20-6-5-9-25-27-20/h5-8,14-15,17H,9-13,16H2,1-4H3;5-8,14-15,17H,9-13,16H2,1-4H3;4-9,15,17H,10-14,16H2,1-3H3;5-9,14,16H,4,10-13,15H2,1-3H3. The minimum Gasteiger partial charge on any atom is -0.497 e. The van der Waals surface area contributed by atoms with Crippen molar-refractivity contribution >= 4 is 46.9 Å². The number of carbonyl (C=O) groups is 4. The molecule has 34 heteroatoms. The summed E-state index contributed by atoms with van der Waals surface area (Å²) in [5, 5.41) is 26.6. The lowest BCUT2D eigenvalue weighted by molar-refractivity contribution is -0.133. The van der Waals surface area contributed by atoms with Crippen molar-refractivity contribution in [1.82, 2.24) is 104 Å². The van der Waals surface area contributed by atoms with Crippen LogP contribution in [0.3, 0.4) is 0 Å². The third kappa shape index (κ3) is 25.2. The molecule has 0 aliphatic carbocycles. The molecule has 12 heterocycles. The van der Waals surface area contributed by atoms with E-state index >= 15 is 0 Å². The summed E-state index contributed by atoms with van der Waals surface area (Å²) in [5.74, 6) is 9.82. The van der Waals surface area contributed by atoms with Crippen molar-refractivity contribution in [2.45, 2.75) is 148 Å². The van der Waals surface area contributed by atoms with Gasteiger partial charge in [-0.25, -0.2) is 71.2 Å². The molecule has 0 radical (unpaired) electrons. The number of aromatic nitrogens is 17. The molecule has 4 fully saturated rings. The summed E-state index contributed by atoms with van der Waals surface area (Å²) in [6.45, 7) is 37.2. The Morgan fingerprint density at radius 2 is 0.695 bits per heavy atom. The number of ether oxygens (including phenoxy) is 1. The molecular weight excluding hydrogens is 1670 g/mol. The van der Waals surface area contributed by atoms with E-state index in [-0.39, 0.29) is 79.0 Å². The summed E-state index contributed by atoms with van der Waals surface area (Å²) in [5.41, 5.74) is 6.35. The first kappa shape index (κ1) is 95.2. The molecule has 1 atom stereocenters. The van der Waals surface area contributed by atoms with Crippen LogP contribution in [0.4, 0.5) is 40.8 Å². The van der Waals surface area contributed by atoms with Gasteiger partial charge in [0.25, 0.3) is 0 Å². The largest absolute Gasteiger partial charge is 0.497 e. The number of anilines is 4. The number of carbonyl (C=O) groups excluding carboxylic acids is 4. The Morgan fingerprint density at radius 1 is 0.359 bits per heavy atom. The smallest absolute Gasteiger partial charge is 0.244 e. The number of aryl methyl sites for hydroxylation is 5. The van der Waals surface area contributed by atoms with Gasteiger partial charge >= 0.3 is 0 Å². The van der Waals surface area contributed by atoms with Gasteiger partial charge in [0.05, 0.1) is 7.11 Å². The molecule has 4 saturated heterocycles. The minimum atomic E-state index is -0.260. The molecule has 4 amide bonds. The first-order valence-electron chi connectivity index (χ1n) is 45.0. The normalized spacial score (nSPS) is 14.4. The monoisotopic (exact) mass is 1790 g/mol. The van der Waals surface area contributed by atoms with Crippen LogP contribution in [0.15, 0.2) is 152 Å². The first-order chi connectivity index (χ1) is 63.0. The molecule has 1 unspecified atom stereocenters. The van der Waals surface area contributed by atoms with Gasteiger partial charge in [0.15, 0.2) is 29.1 Å². The van der Waals surface area contributed by atoms with Crippen LogP contribution in [0.25, 0.3) is 45.6 Å². The number of hydrogen-bond acceptors (Lipinski definition) is 22. The van der Waals surface area contributed by atoms with Gasteiger partial charge in [0, 0.05) is 183 Å². The number of amides is 4. The molecule has 4 aromatic carbocycles. The van der Waals surface area contributed by atoms with E-state index in [1.807, 2.05) is 74.3 Å². The number of pyridine rings is 3. The summed E-state index contributed by atoms with van der Waals surface area (Å²) in [7, 11) is 1.63. The predicted molar refractivity (Wildman–Crippen MR) is 496 cm³/mol. The summed E-state index contributed by atoms with van der Waals surface area (Å²) in [6.07, 6.45) is 10.0. The van der Waals surface area contributed by atoms with Crippen LogP contribution in [0.5, 0.6) is 5.75 Å². The fraction of sp³-hybridized carbons (Fsp3) is 0.433. The van der Waals surface area contributed by atoms with Crippen molar-refractivity contribution in [3.63, 3.8) is 0 Å². The summed E-state index contributed by atoms with van der Waals surface area (Å²) < 4.78 is 66.9. The molecule has 8 aromatic heterocycles. The summed E-state index contributed by atoms with van der Waals surface area (Å²) >= 11 is 0. The van der Waals surface area contributed by atoms with Gasteiger partial charge in [-0.05, 0) is 202 Å². The molecule has 30 nitrogen and oxygen atoms in total. The Bertz CT molecular complexity index is 5850. The van der Waals surface area contributed by atoms with E-state index in [1.165, 1.54) is 29.8 Å². The highest BCUT2D eigenvalue weighted by atomic mass is 19.1. The van der Waals surface area contributed by atoms with E-state index in [1.54, 1.807) is 121 Å². The van der Waals surface area contributed by atoms with Crippen LogP contribution in [-0.4, -0.2) is 239 Å². The van der Waals surface area contributed by atoms with Crippen LogP contribution in [0.2, 0.25) is 0 Å². The second-order valence-electron chi connectivity index (χ2n) is 34.9. The molecule has 0 N–H and O–H groups in total. The molecule has 12 aromatic rings. The number of rotatable bonds is 25. The maximum Gasteiger partial charge on any atom is 0.244 e. The average Bonchev–Trinajstić information content (AvgIpc) is 1.68. The first-order valence-corrected chi connectivity index (χ1v) is 45.0. The maximum absolute atomic E-state index is 13.7. The molecular formula is C97H119F4N25O5. The Hall–Kier alpha value is -13.4. The molecule has 4 aliphatic heterocycles. The average molecular weight is 1790 g/mol. The van der Waals surface area contributed by atoms with Gasteiger partial charge in [-0.15, -0.1) is 5.10 Å². The van der Waals surface area contributed by atoms with Crippen LogP contribution in [-0.2, 0) is 64.6 Å². The number of halogens is 4. The van der Waals surface area contributed by atoms with E-state index in [2.05, 4.69) is 143 Å². The quantitative estimate of drug-likeness (QED) is 0.0480. The van der Waals surface area contributed by atoms with Gasteiger partial charge in [-0.1, -0.05) is 61.5 Å². The number of nitrogens with zero attached hydrogens (tertiary/aromatic N) is 25. The molecule has 4 aliphatic rings. The highest BCUT2D eigenvalue weighted by molar-refractivity contribution is 5.79. The topological polar surface area (TPSA) is 291 Å². The third-order valence-electron chi connectivity index (χ3n) is 23.5. The molecule has 0 bridgehead atoms. The number of benzene rings is 4. The van der Waals surface area contributed by atoms with Crippen LogP contribution >= 0.6 is 0 Å². The molecule has 0 spiro atoms.